The molecular weight excluding hydrogens is 226 g/mol. The van der Waals surface area contributed by atoms with Gasteiger partial charge in [-0.3, -0.25) is 0 Å². The first-order valence-corrected chi connectivity index (χ1v) is 6.84. The van der Waals surface area contributed by atoms with Crippen molar-refractivity contribution in [1.82, 2.24) is 5.32 Å². The molecule has 1 aromatic rings. The Bertz CT molecular complexity index is 399. The smallest absolute Gasteiger partial charge is 0.122 e. The summed E-state index contributed by atoms with van der Waals surface area (Å²) < 4.78 is 5.49. The number of benzene rings is 1. The molecular formula is C15H23NO2. The molecule has 0 bridgehead atoms. The van der Waals surface area contributed by atoms with Gasteiger partial charge in [0.15, 0.2) is 0 Å². The normalized spacial score (nSPS) is 14.4. The van der Waals surface area contributed by atoms with Crippen molar-refractivity contribution in [3.05, 3.63) is 29.3 Å². The van der Waals surface area contributed by atoms with Crippen molar-refractivity contribution in [2.45, 2.75) is 45.3 Å². The highest BCUT2D eigenvalue weighted by Crippen LogP contribution is 2.25. The summed E-state index contributed by atoms with van der Waals surface area (Å²) in [6.45, 7) is 6.30. The third kappa shape index (κ3) is 3.03. The number of ether oxygens (including phenoxy) is 1. The second kappa shape index (κ2) is 5.72. The molecule has 3 nitrogen and oxygen atoms in total. The Morgan fingerprint density at radius 1 is 1.33 bits per heavy atom. The van der Waals surface area contributed by atoms with Crippen LogP contribution in [0.2, 0.25) is 0 Å². The van der Waals surface area contributed by atoms with Crippen LogP contribution < -0.4 is 10.1 Å². The van der Waals surface area contributed by atoms with Gasteiger partial charge < -0.3 is 15.2 Å². The quantitative estimate of drug-likeness (QED) is 0.812. The van der Waals surface area contributed by atoms with Gasteiger partial charge in [0.25, 0.3) is 0 Å². The van der Waals surface area contributed by atoms with Crippen molar-refractivity contribution < 1.29 is 9.84 Å². The summed E-state index contributed by atoms with van der Waals surface area (Å²) in [7, 11) is 0. The molecule has 3 heteroatoms. The highest BCUT2D eigenvalue weighted by atomic mass is 16.5. The van der Waals surface area contributed by atoms with E-state index in [1.165, 1.54) is 11.1 Å². The fourth-order valence-corrected chi connectivity index (χ4v) is 2.29. The third-order valence-electron chi connectivity index (χ3n) is 3.85. The maximum Gasteiger partial charge on any atom is 0.122 e. The van der Waals surface area contributed by atoms with Crippen molar-refractivity contribution in [3.8, 4) is 5.75 Å². The van der Waals surface area contributed by atoms with Crippen molar-refractivity contribution in [2.75, 3.05) is 13.2 Å². The Hall–Kier alpha value is -1.06. The predicted octanol–water partition coefficient (Wildman–Crippen LogP) is 2.26. The van der Waals surface area contributed by atoms with Crippen LogP contribution in [0.15, 0.2) is 18.2 Å². The van der Waals surface area contributed by atoms with Crippen LogP contribution in [0.5, 0.6) is 5.75 Å². The average Bonchev–Trinajstić information content (AvgIpc) is 2.86. The van der Waals surface area contributed by atoms with E-state index in [4.69, 9.17) is 4.74 Å². The topological polar surface area (TPSA) is 41.5 Å². The predicted molar refractivity (Wildman–Crippen MR) is 72.9 cm³/mol. The zero-order valence-electron chi connectivity index (χ0n) is 11.3. The van der Waals surface area contributed by atoms with E-state index in [-0.39, 0.29) is 0 Å². The van der Waals surface area contributed by atoms with E-state index in [1.807, 2.05) is 19.9 Å². The standard InChI is InChI=1S/C15H23NO2/c1-3-15(17,4-2)11-16-10-12-5-6-14-13(9-12)7-8-18-14/h5-6,9,16-17H,3-4,7-8,10-11H2,1-2H3. The van der Waals surface area contributed by atoms with Crippen molar-refractivity contribution >= 4 is 0 Å². The minimum Gasteiger partial charge on any atom is -0.493 e. The lowest BCUT2D eigenvalue weighted by Gasteiger charge is -2.25. The first-order valence-electron chi connectivity index (χ1n) is 6.84. The van der Waals surface area contributed by atoms with Crippen molar-refractivity contribution in [1.29, 1.82) is 0 Å². The van der Waals surface area contributed by atoms with Crippen molar-refractivity contribution in [3.63, 3.8) is 0 Å². The molecule has 0 atom stereocenters. The van der Waals surface area contributed by atoms with Gasteiger partial charge in [0.05, 0.1) is 12.2 Å². The Morgan fingerprint density at radius 3 is 2.83 bits per heavy atom. The van der Waals surface area contributed by atoms with Crippen LogP contribution in [0.3, 0.4) is 0 Å². The SMILES string of the molecule is CCC(O)(CC)CNCc1ccc2c(c1)CCO2. The molecule has 1 aliphatic rings. The fraction of sp³-hybridized carbons (Fsp3) is 0.600. The van der Waals surface area contributed by atoms with Crippen LogP contribution in [-0.4, -0.2) is 23.9 Å². The summed E-state index contributed by atoms with van der Waals surface area (Å²) in [5, 5.41) is 13.5. The molecule has 2 N–H and O–H groups in total. The third-order valence-corrected chi connectivity index (χ3v) is 3.85. The van der Waals surface area contributed by atoms with E-state index >= 15 is 0 Å². The number of rotatable bonds is 6. The molecule has 0 aromatic heterocycles. The van der Waals surface area contributed by atoms with Crippen LogP contribution in [0.25, 0.3) is 0 Å². The summed E-state index contributed by atoms with van der Waals surface area (Å²) >= 11 is 0. The first-order chi connectivity index (χ1) is 8.67. The van der Waals surface area contributed by atoms with Gasteiger partial charge in [0.1, 0.15) is 5.75 Å². The molecule has 0 saturated heterocycles. The molecule has 1 aliphatic heterocycles. The van der Waals surface area contributed by atoms with Gasteiger partial charge >= 0.3 is 0 Å². The molecule has 1 aromatic carbocycles. The molecule has 0 spiro atoms. The Balaban J connectivity index is 1.87. The van der Waals surface area contributed by atoms with E-state index < -0.39 is 5.60 Å². The van der Waals surface area contributed by atoms with Crippen LogP contribution in [0.4, 0.5) is 0 Å². The molecule has 0 radical (unpaired) electrons. The zero-order chi connectivity index (χ0) is 13.0. The number of nitrogens with one attached hydrogen (secondary N) is 1. The molecule has 2 rings (SSSR count). The number of hydrogen-bond acceptors (Lipinski definition) is 3. The minimum absolute atomic E-state index is 0.570. The lowest BCUT2D eigenvalue weighted by molar-refractivity contribution is 0.0323. The molecule has 100 valence electrons. The van der Waals surface area contributed by atoms with Gasteiger partial charge in [-0.05, 0) is 30.0 Å². The Labute approximate surface area is 109 Å². The fourth-order valence-electron chi connectivity index (χ4n) is 2.29. The van der Waals surface area contributed by atoms with E-state index in [1.54, 1.807) is 0 Å². The maximum atomic E-state index is 10.2. The summed E-state index contributed by atoms with van der Waals surface area (Å²) in [6.07, 6.45) is 2.58. The zero-order valence-corrected chi connectivity index (χ0v) is 11.3. The average molecular weight is 249 g/mol. The lowest BCUT2D eigenvalue weighted by Crippen LogP contribution is -2.39. The molecule has 18 heavy (non-hydrogen) atoms. The summed E-state index contributed by atoms with van der Waals surface area (Å²) in [5.74, 6) is 1.03. The lowest BCUT2D eigenvalue weighted by atomic mass is 9.97. The number of aliphatic hydroxyl groups is 1. The number of hydrogen-bond donors (Lipinski definition) is 2. The first kappa shape index (κ1) is 13.4. The van der Waals surface area contributed by atoms with E-state index in [9.17, 15) is 5.11 Å². The molecule has 1 heterocycles. The van der Waals surface area contributed by atoms with Crippen LogP contribution >= 0.6 is 0 Å². The van der Waals surface area contributed by atoms with Gasteiger partial charge in [-0.1, -0.05) is 26.0 Å². The van der Waals surface area contributed by atoms with Gasteiger partial charge in [0, 0.05) is 19.5 Å². The second-order valence-corrected chi connectivity index (χ2v) is 5.08. The molecule has 0 amide bonds. The summed E-state index contributed by atoms with van der Waals surface area (Å²) in [6, 6.07) is 6.34. The molecule has 0 aliphatic carbocycles. The van der Waals surface area contributed by atoms with E-state index in [0.29, 0.717) is 6.54 Å². The highest BCUT2D eigenvalue weighted by molar-refractivity contribution is 5.39. The van der Waals surface area contributed by atoms with Crippen LogP contribution in [-0.2, 0) is 13.0 Å². The molecule has 0 fully saturated rings. The van der Waals surface area contributed by atoms with Crippen LogP contribution in [0, 0.1) is 0 Å². The molecule has 0 saturated carbocycles. The van der Waals surface area contributed by atoms with Gasteiger partial charge in [-0.25, -0.2) is 0 Å². The second-order valence-electron chi connectivity index (χ2n) is 5.08. The van der Waals surface area contributed by atoms with E-state index in [2.05, 4.69) is 17.4 Å². The molecule has 0 unspecified atom stereocenters. The maximum absolute atomic E-state index is 10.2. The van der Waals surface area contributed by atoms with Gasteiger partial charge in [0.2, 0.25) is 0 Å². The van der Waals surface area contributed by atoms with Gasteiger partial charge in [-0.2, -0.15) is 0 Å². The monoisotopic (exact) mass is 249 g/mol. The number of fused-ring (bicyclic) bond motifs is 1. The minimum atomic E-state index is -0.570. The highest BCUT2D eigenvalue weighted by Gasteiger charge is 2.21. The largest absolute Gasteiger partial charge is 0.493 e. The van der Waals surface area contributed by atoms with Crippen LogP contribution in [0.1, 0.15) is 37.8 Å². The summed E-state index contributed by atoms with van der Waals surface area (Å²) in [4.78, 5) is 0. The van der Waals surface area contributed by atoms with Crippen molar-refractivity contribution in [2.24, 2.45) is 0 Å². The summed E-state index contributed by atoms with van der Waals surface area (Å²) in [5.41, 5.74) is 1.99. The Morgan fingerprint density at radius 2 is 2.11 bits per heavy atom. The van der Waals surface area contributed by atoms with Gasteiger partial charge in [-0.15, -0.1) is 0 Å². The van der Waals surface area contributed by atoms with E-state index in [0.717, 1.165) is 38.2 Å². The Kier molecular flexibility index (Phi) is 4.25.